The molecule has 0 spiro atoms. The zero-order chi connectivity index (χ0) is 14.5. The molecule has 2 aromatic heterocycles. The molecule has 0 radical (unpaired) electrons. The number of aromatic nitrogens is 1. The van der Waals surface area contributed by atoms with E-state index in [9.17, 15) is 9.59 Å². The van der Waals surface area contributed by atoms with E-state index in [1.54, 1.807) is 11.4 Å². The third-order valence-corrected chi connectivity index (χ3v) is 4.22. The summed E-state index contributed by atoms with van der Waals surface area (Å²) in [6, 6.07) is 3.26. The number of amides is 3. The van der Waals surface area contributed by atoms with Gasteiger partial charge >= 0.3 is 6.03 Å². The first kappa shape index (κ1) is 14.8. The first-order valence-electron chi connectivity index (χ1n) is 5.54. The monoisotopic (exact) mass is 330 g/mol. The summed E-state index contributed by atoms with van der Waals surface area (Å²) in [5.41, 5.74) is 5.61. The maximum Gasteiger partial charge on any atom is 0.321 e. The second kappa shape index (κ2) is 6.69. The van der Waals surface area contributed by atoms with Crippen molar-refractivity contribution in [2.75, 3.05) is 5.32 Å². The van der Waals surface area contributed by atoms with Gasteiger partial charge in [0.15, 0.2) is 5.13 Å². The van der Waals surface area contributed by atoms with Gasteiger partial charge in [0, 0.05) is 10.3 Å². The molecule has 20 heavy (non-hydrogen) atoms. The number of thiazole rings is 1. The Morgan fingerprint density at radius 3 is 2.85 bits per heavy atom. The number of rotatable bonds is 5. The average Bonchev–Trinajstić information content (AvgIpc) is 2.95. The van der Waals surface area contributed by atoms with Crippen molar-refractivity contribution in [3.8, 4) is 0 Å². The zero-order valence-electron chi connectivity index (χ0n) is 10.2. The van der Waals surface area contributed by atoms with Crippen molar-refractivity contribution in [2.45, 2.75) is 13.0 Å². The summed E-state index contributed by atoms with van der Waals surface area (Å²) in [6.07, 6.45) is 0.0630. The van der Waals surface area contributed by atoms with Crippen LogP contribution in [-0.2, 0) is 17.8 Å². The van der Waals surface area contributed by atoms with E-state index in [2.05, 4.69) is 15.6 Å². The van der Waals surface area contributed by atoms with Crippen LogP contribution in [0.25, 0.3) is 0 Å². The Bertz CT molecular complexity index is 625. The number of carbonyl (C=O) groups is 2. The van der Waals surface area contributed by atoms with Crippen molar-refractivity contribution in [2.24, 2.45) is 5.73 Å². The first-order valence-corrected chi connectivity index (χ1v) is 7.62. The molecule has 0 bridgehead atoms. The van der Waals surface area contributed by atoms with Crippen LogP contribution >= 0.6 is 34.3 Å². The second-order valence-electron chi connectivity index (χ2n) is 3.80. The number of thiophene rings is 1. The second-order valence-corrected chi connectivity index (χ2v) is 6.46. The number of nitrogens with zero attached hydrogens (tertiary/aromatic N) is 1. The molecule has 0 aromatic carbocycles. The van der Waals surface area contributed by atoms with Gasteiger partial charge in [0.1, 0.15) is 0 Å². The van der Waals surface area contributed by atoms with E-state index in [0.717, 1.165) is 4.88 Å². The number of halogens is 1. The minimum Gasteiger partial charge on any atom is -0.369 e. The predicted octanol–water partition coefficient (Wildman–Crippen LogP) is 2.21. The van der Waals surface area contributed by atoms with Crippen LogP contribution in [0, 0.1) is 0 Å². The van der Waals surface area contributed by atoms with E-state index >= 15 is 0 Å². The van der Waals surface area contributed by atoms with Gasteiger partial charge in [0.25, 0.3) is 0 Å². The summed E-state index contributed by atoms with van der Waals surface area (Å²) in [4.78, 5) is 27.4. The minimum absolute atomic E-state index is 0.0630. The average molecular weight is 331 g/mol. The lowest BCUT2D eigenvalue weighted by atomic mass is 10.3. The van der Waals surface area contributed by atoms with E-state index in [4.69, 9.17) is 17.3 Å². The molecule has 0 saturated heterocycles. The van der Waals surface area contributed by atoms with Crippen molar-refractivity contribution in [1.82, 2.24) is 10.3 Å². The summed E-state index contributed by atoms with van der Waals surface area (Å²) in [7, 11) is 0. The highest BCUT2D eigenvalue weighted by Gasteiger charge is 2.08. The van der Waals surface area contributed by atoms with Crippen LogP contribution in [0.5, 0.6) is 0 Å². The Labute approximate surface area is 128 Å². The van der Waals surface area contributed by atoms with Crippen molar-refractivity contribution < 1.29 is 9.59 Å². The standard InChI is InChI=1S/C11H11ClN4O2S2/c12-8-2-1-7(20-8)4-14-10(18)16-11-15-6(5-19-11)3-9(13)17/h1-2,5H,3-4H2,(H2,13,17)(H2,14,15,16,18). The number of anilines is 1. The van der Waals surface area contributed by atoms with Gasteiger partial charge in [-0.15, -0.1) is 22.7 Å². The lowest BCUT2D eigenvalue weighted by Crippen LogP contribution is -2.27. The van der Waals surface area contributed by atoms with E-state index in [1.807, 2.05) is 6.07 Å². The summed E-state index contributed by atoms with van der Waals surface area (Å²) >= 11 is 8.44. The van der Waals surface area contributed by atoms with Crippen LogP contribution in [0.3, 0.4) is 0 Å². The Kier molecular flexibility index (Phi) is 4.94. The molecule has 4 N–H and O–H groups in total. The number of nitrogens with two attached hydrogens (primary N) is 1. The van der Waals surface area contributed by atoms with Gasteiger partial charge in [-0.25, -0.2) is 9.78 Å². The fourth-order valence-electron chi connectivity index (χ4n) is 1.38. The third-order valence-electron chi connectivity index (χ3n) is 2.18. The molecule has 6 nitrogen and oxygen atoms in total. The smallest absolute Gasteiger partial charge is 0.321 e. The lowest BCUT2D eigenvalue weighted by Gasteiger charge is -2.03. The van der Waals surface area contributed by atoms with Gasteiger partial charge in [0.05, 0.1) is 23.0 Å². The topological polar surface area (TPSA) is 97.1 Å². The number of hydrogen-bond donors (Lipinski definition) is 3. The summed E-state index contributed by atoms with van der Waals surface area (Å²) in [6.45, 7) is 0.392. The molecule has 0 aliphatic carbocycles. The number of urea groups is 1. The lowest BCUT2D eigenvalue weighted by molar-refractivity contribution is -0.117. The van der Waals surface area contributed by atoms with Crippen LogP contribution in [0.2, 0.25) is 4.34 Å². The molecule has 0 aliphatic rings. The Morgan fingerprint density at radius 2 is 2.20 bits per heavy atom. The van der Waals surface area contributed by atoms with Crippen LogP contribution < -0.4 is 16.4 Å². The molecule has 3 amide bonds. The van der Waals surface area contributed by atoms with E-state index in [-0.39, 0.29) is 12.5 Å². The number of hydrogen-bond acceptors (Lipinski definition) is 5. The largest absolute Gasteiger partial charge is 0.369 e. The number of carbonyl (C=O) groups excluding carboxylic acids is 2. The molecule has 2 aromatic rings. The highest BCUT2D eigenvalue weighted by atomic mass is 35.5. The van der Waals surface area contributed by atoms with Crippen molar-refractivity contribution in [3.63, 3.8) is 0 Å². The highest BCUT2D eigenvalue weighted by molar-refractivity contribution is 7.16. The van der Waals surface area contributed by atoms with Crippen LogP contribution in [-0.4, -0.2) is 16.9 Å². The van der Waals surface area contributed by atoms with E-state index < -0.39 is 5.91 Å². The summed E-state index contributed by atoms with van der Waals surface area (Å²) < 4.78 is 0.679. The Morgan fingerprint density at radius 1 is 1.40 bits per heavy atom. The molecular formula is C11H11ClN4O2S2. The maximum absolute atomic E-state index is 11.6. The van der Waals surface area contributed by atoms with Crippen LogP contribution in [0.1, 0.15) is 10.6 Å². The van der Waals surface area contributed by atoms with Gasteiger partial charge in [-0.05, 0) is 12.1 Å². The van der Waals surface area contributed by atoms with Crippen molar-refractivity contribution >= 4 is 51.3 Å². The minimum atomic E-state index is -0.458. The van der Waals surface area contributed by atoms with Gasteiger partial charge in [-0.1, -0.05) is 11.6 Å². The fourth-order valence-corrected chi connectivity index (χ4v) is 3.11. The van der Waals surface area contributed by atoms with Gasteiger partial charge < -0.3 is 11.1 Å². The van der Waals surface area contributed by atoms with Crippen LogP contribution in [0.15, 0.2) is 17.5 Å². The molecule has 2 rings (SSSR count). The molecule has 106 valence electrons. The molecule has 9 heteroatoms. The van der Waals surface area contributed by atoms with Gasteiger partial charge in [-0.2, -0.15) is 0 Å². The molecule has 2 heterocycles. The number of primary amides is 1. The van der Waals surface area contributed by atoms with Gasteiger partial charge in [0.2, 0.25) is 5.91 Å². The van der Waals surface area contributed by atoms with Crippen LogP contribution in [0.4, 0.5) is 9.93 Å². The van der Waals surface area contributed by atoms with Crippen molar-refractivity contribution in [3.05, 3.63) is 32.4 Å². The van der Waals surface area contributed by atoms with E-state index in [0.29, 0.717) is 21.7 Å². The fraction of sp³-hybridized carbons (Fsp3) is 0.182. The van der Waals surface area contributed by atoms with Gasteiger partial charge in [-0.3, -0.25) is 10.1 Å². The molecule has 0 unspecified atom stereocenters. The molecule has 0 fully saturated rings. The summed E-state index contributed by atoms with van der Waals surface area (Å²) in [5, 5.41) is 7.38. The quantitative estimate of drug-likeness (QED) is 0.784. The van der Waals surface area contributed by atoms with E-state index in [1.165, 1.54) is 22.7 Å². The molecule has 0 aliphatic heterocycles. The maximum atomic E-state index is 11.6. The summed E-state index contributed by atoms with van der Waals surface area (Å²) in [5.74, 6) is -0.458. The zero-order valence-corrected chi connectivity index (χ0v) is 12.6. The SMILES string of the molecule is NC(=O)Cc1csc(NC(=O)NCc2ccc(Cl)s2)n1. The first-order chi connectivity index (χ1) is 9.52. The Balaban J connectivity index is 1.82. The number of nitrogens with one attached hydrogen (secondary N) is 2. The molecule has 0 saturated carbocycles. The molecular weight excluding hydrogens is 320 g/mol. The predicted molar refractivity (Wildman–Crippen MR) is 80.2 cm³/mol. The highest BCUT2D eigenvalue weighted by Crippen LogP contribution is 2.21. The third kappa shape index (κ3) is 4.48. The molecule has 0 atom stereocenters. The normalized spacial score (nSPS) is 10.2. The Hall–Kier alpha value is -1.64. The van der Waals surface area contributed by atoms with Crippen molar-refractivity contribution in [1.29, 1.82) is 0 Å².